The van der Waals surface area contributed by atoms with Crippen LogP contribution < -0.4 is 0 Å². The molecule has 3 rings (SSSR count). The molecule has 3 heterocycles. The molecule has 0 spiro atoms. The van der Waals surface area contributed by atoms with Gasteiger partial charge in [-0.3, -0.25) is 9.80 Å². The molecule has 21 heavy (non-hydrogen) atoms. The molecule has 7 heteroatoms. The molecule has 0 saturated carbocycles. The summed E-state index contributed by atoms with van der Waals surface area (Å²) in [5, 5.41) is 6.11. The minimum Gasteiger partial charge on any atom is -0.338 e. The summed E-state index contributed by atoms with van der Waals surface area (Å²) in [5.41, 5.74) is 3.07. The molecule has 1 unspecified atom stereocenters. The zero-order valence-electron chi connectivity index (χ0n) is 12.5. The number of thiazole rings is 1. The third kappa shape index (κ3) is 3.48. The Balaban J connectivity index is 1.52. The molecule has 1 saturated heterocycles. The van der Waals surface area contributed by atoms with Crippen molar-refractivity contribution in [3.63, 3.8) is 0 Å². The van der Waals surface area contributed by atoms with E-state index in [-0.39, 0.29) is 6.04 Å². The monoisotopic (exact) mass is 307 g/mol. The first-order valence-electron chi connectivity index (χ1n) is 7.42. The summed E-state index contributed by atoms with van der Waals surface area (Å²) in [7, 11) is 0. The van der Waals surface area contributed by atoms with Gasteiger partial charge in [0.1, 0.15) is 0 Å². The van der Waals surface area contributed by atoms with E-state index in [0.717, 1.165) is 50.9 Å². The van der Waals surface area contributed by atoms with Crippen molar-refractivity contribution in [2.45, 2.75) is 32.9 Å². The van der Waals surface area contributed by atoms with Crippen LogP contribution in [0.5, 0.6) is 0 Å². The molecule has 0 aliphatic carbocycles. The highest BCUT2D eigenvalue weighted by atomic mass is 32.1. The van der Waals surface area contributed by atoms with Gasteiger partial charge in [-0.25, -0.2) is 4.98 Å². The van der Waals surface area contributed by atoms with Gasteiger partial charge in [-0.2, -0.15) is 4.98 Å². The van der Waals surface area contributed by atoms with Gasteiger partial charge in [0.25, 0.3) is 0 Å². The van der Waals surface area contributed by atoms with Gasteiger partial charge in [-0.15, -0.1) is 11.3 Å². The lowest BCUT2D eigenvalue weighted by molar-refractivity contribution is 0.0839. The van der Waals surface area contributed by atoms with Gasteiger partial charge in [-0.1, -0.05) is 12.1 Å². The molecule has 6 nitrogen and oxygen atoms in total. The highest BCUT2D eigenvalue weighted by Gasteiger charge is 2.25. The Morgan fingerprint density at radius 3 is 2.76 bits per heavy atom. The zero-order valence-corrected chi connectivity index (χ0v) is 13.3. The minimum atomic E-state index is 0.194. The van der Waals surface area contributed by atoms with E-state index in [1.165, 1.54) is 5.69 Å². The number of aryl methyl sites for hydroxylation is 1. The summed E-state index contributed by atoms with van der Waals surface area (Å²) < 4.78 is 5.36. The van der Waals surface area contributed by atoms with Crippen LogP contribution in [0, 0.1) is 0 Å². The lowest BCUT2D eigenvalue weighted by Crippen LogP contribution is -2.46. The highest BCUT2D eigenvalue weighted by molar-refractivity contribution is 7.07. The molecule has 2 aromatic rings. The molecule has 0 amide bonds. The SMILES string of the molecule is CCc1noc(C(C)N2CCN(Cc3cscn3)CC2)n1. The number of hydrogen-bond donors (Lipinski definition) is 0. The second-order valence-corrected chi connectivity index (χ2v) is 6.09. The quantitative estimate of drug-likeness (QED) is 0.842. The summed E-state index contributed by atoms with van der Waals surface area (Å²) in [6.07, 6.45) is 0.817. The molecule has 1 aliphatic heterocycles. The lowest BCUT2D eigenvalue weighted by Gasteiger charge is -2.36. The van der Waals surface area contributed by atoms with Crippen LogP contribution >= 0.6 is 11.3 Å². The van der Waals surface area contributed by atoms with E-state index in [2.05, 4.69) is 37.2 Å². The van der Waals surface area contributed by atoms with E-state index in [1.807, 2.05) is 12.4 Å². The van der Waals surface area contributed by atoms with E-state index in [0.29, 0.717) is 0 Å². The van der Waals surface area contributed by atoms with Crippen molar-refractivity contribution in [3.8, 4) is 0 Å². The summed E-state index contributed by atoms with van der Waals surface area (Å²) in [4.78, 5) is 13.7. The van der Waals surface area contributed by atoms with Crippen molar-refractivity contribution in [2.75, 3.05) is 26.2 Å². The van der Waals surface area contributed by atoms with Crippen molar-refractivity contribution < 1.29 is 4.52 Å². The Bertz CT molecular complexity index is 547. The van der Waals surface area contributed by atoms with Crippen LogP contribution in [0.15, 0.2) is 15.4 Å². The zero-order chi connectivity index (χ0) is 14.7. The van der Waals surface area contributed by atoms with E-state index in [4.69, 9.17) is 4.52 Å². The average molecular weight is 307 g/mol. The van der Waals surface area contributed by atoms with Crippen molar-refractivity contribution in [1.29, 1.82) is 0 Å². The van der Waals surface area contributed by atoms with Crippen LogP contribution in [0.1, 0.15) is 37.3 Å². The number of hydrogen-bond acceptors (Lipinski definition) is 7. The number of aromatic nitrogens is 3. The smallest absolute Gasteiger partial charge is 0.243 e. The first-order valence-corrected chi connectivity index (χ1v) is 8.36. The summed E-state index contributed by atoms with van der Waals surface area (Å²) in [5.74, 6) is 1.53. The fraction of sp³-hybridized carbons (Fsp3) is 0.643. The highest BCUT2D eigenvalue weighted by Crippen LogP contribution is 2.20. The first kappa shape index (κ1) is 14.6. The molecule has 1 fully saturated rings. The van der Waals surface area contributed by atoms with Crippen LogP contribution in [0.25, 0.3) is 0 Å². The Kier molecular flexibility index (Phi) is 4.62. The molecule has 2 aromatic heterocycles. The third-order valence-electron chi connectivity index (χ3n) is 3.98. The maximum Gasteiger partial charge on any atom is 0.243 e. The normalized spacial score (nSPS) is 19.0. The van der Waals surface area contributed by atoms with Gasteiger partial charge >= 0.3 is 0 Å². The Morgan fingerprint density at radius 2 is 2.14 bits per heavy atom. The minimum absolute atomic E-state index is 0.194. The second-order valence-electron chi connectivity index (χ2n) is 5.37. The summed E-state index contributed by atoms with van der Waals surface area (Å²) in [6.45, 7) is 9.28. The van der Waals surface area contributed by atoms with Crippen LogP contribution in [-0.2, 0) is 13.0 Å². The van der Waals surface area contributed by atoms with Crippen LogP contribution in [0.4, 0.5) is 0 Å². The van der Waals surface area contributed by atoms with Crippen molar-refractivity contribution in [3.05, 3.63) is 28.3 Å². The number of nitrogens with zero attached hydrogens (tertiary/aromatic N) is 5. The van der Waals surface area contributed by atoms with Gasteiger partial charge in [0, 0.05) is 44.5 Å². The van der Waals surface area contributed by atoms with E-state index in [1.54, 1.807) is 11.3 Å². The number of rotatable bonds is 5. The van der Waals surface area contributed by atoms with Crippen molar-refractivity contribution in [2.24, 2.45) is 0 Å². The lowest BCUT2D eigenvalue weighted by atomic mass is 10.2. The summed E-state index contributed by atoms with van der Waals surface area (Å²) >= 11 is 1.66. The van der Waals surface area contributed by atoms with Crippen molar-refractivity contribution >= 4 is 11.3 Å². The van der Waals surface area contributed by atoms with Gasteiger partial charge in [0.2, 0.25) is 5.89 Å². The van der Waals surface area contributed by atoms with E-state index in [9.17, 15) is 0 Å². The molecule has 1 atom stereocenters. The fourth-order valence-corrected chi connectivity index (χ4v) is 3.14. The molecular weight excluding hydrogens is 286 g/mol. The molecule has 0 bridgehead atoms. The molecule has 1 aliphatic rings. The Hall–Kier alpha value is -1.31. The second kappa shape index (κ2) is 6.64. The maximum absolute atomic E-state index is 5.36. The standard InChI is InChI=1S/C14H21N5OS/c1-3-13-16-14(20-17-13)11(2)19-6-4-18(5-7-19)8-12-9-21-10-15-12/h9-11H,3-8H2,1-2H3. The van der Waals surface area contributed by atoms with Gasteiger partial charge in [0.05, 0.1) is 17.2 Å². The largest absolute Gasteiger partial charge is 0.338 e. The van der Waals surface area contributed by atoms with Crippen LogP contribution in [0.2, 0.25) is 0 Å². The molecule has 114 valence electrons. The van der Waals surface area contributed by atoms with Crippen LogP contribution in [-0.4, -0.2) is 51.1 Å². The van der Waals surface area contributed by atoms with E-state index < -0.39 is 0 Å². The van der Waals surface area contributed by atoms with Crippen molar-refractivity contribution in [1.82, 2.24) is 24.9 Å². The van der Waals surface area contributed by atoms with Gasteiger partial charge in [0.15, 0.2) is 5.82 Å². The fourth-order valence-electron chi connectivity index (χ4n) is 2.59. The Labute approximate surface area is 128 Å². The molecule has 0 N–H and O–H groups in total. The first-order chi connectivity index (χ1) is 10.3. The molecular formula is C14H21N5OS. The predicted octanol–water partition coefficient (Wildman–Crippen LogP) is 1.97. The topological polar surface area (TPSA) is 58.3 Å². The number of piperazine rings is 1. The predicted molar refractivity (Wildman–Crippen MR) is 81.1 cm³/mol. The van der Waals surface area contributed by atoms with Gasteiger partial charge in [-0.05, 0) is 6.92 Å². The van der Waals surface area contributed by atoms with E-state index >= 15 is 0 Å². The maximum atomic E-state index is 5.36. The third-order valence-corrected chi connectivity index (χ3v) is 4.62. The Morgan fingerprint density at radius 1 is 1.33 bits per heavy atom. The molecule has 0 aromatic carbocycles. The van der Waals surface area contributed by atoms with Gasteiger partial charge < -0.3 is 4.52 Å². The average Bonchev–Trinajstić information content (AvgIpc) is 3.18. The van der Waals surface area contributed by atoms with Crippen LogP contribution in [0.3, 0.4) is 0 Å². The molecule has 0 radical (unpaired) electrons. The summed E-state index contributed by atoms with van der Waals surface area (Å²) in [6, 6.07) is 0.194.